The molecule has 0 spiro atoms. The summed E-state index contributed by atoms with van der Waals surface area (Å²) in [5.41, 5.74) is 4.77. The van der Waals surface area contributed by atoms with Crippen LogP contribution in [0, 0.1) is 0 Å². The molecule has 0 atom stereocenters. The number of para-hydroxylation sites is 3. The number of pyridine rings is 1. The van der Waals surface area contributed by atoms with Crippen LogP contribution in [0.4, 0.5) is 0 Å². The summed E-state index contributed by atoms with van der Waals surface area (Å²) in [6.45, 7) is 0. The first kappa shape index (κ1) is 13.7. The average molecular weight is 301 g/mol. The van der Waals surface area contributed by atoms with Crippen molar-refractivity contribution in [2.75, 3.05) is 0 Å². The highest BCUT2D eigenvalue weighted by molar-refractivity contribution is 5.77. The van der Waals surface area contributed by atoms with Crippen LogP contribution < -0.4 is 9.13 Å². The van der Waals surface area contributed by atoms with Gasteiger partial charge < -0.3 is 0 Å². The summed E-state index contributed by atoms with van der Waals surface area (Å²) >= 11 is 0. The van der Waals surface area contributed by atoms with Crippen LogP contribution in [-0.2, 0) is 14.1 Å². The maximum Gasteiger partial charge on any atom is 0.360 e. The second kappa shape index (κ2) is 5.36. The molecule has 112 valence electrons. The van der Waals surface area contributed by atoms with E-state index < -0.39 is 0 Å². The molecule has 0 aliphatic carbocycles. The van der Waals surface area contributed by atoms with E-state index >= 15 is 0 Å². The SMILES string of the molecule is C[n+]1ccccc1-c1n(-c2ccccc2)c2ccccc2[n+]1C. The molecule has 0 aliphatic rings. The van der Waals surface area contributed by atoms with Crippen LogP contribution in [-0.4, -0.2) is 4.57 Å². The summed E-state index contributed by atoms with van der Waals surface area (Å²) in [5.74, 6) is 1.17. The van der Waals surface area contributed by atoms with E-state index in [0.29, 0.717) is 0 Å². The molecule has 0 saturated heterocycles. The van der Waals surface area contributed by atoms with Crippen LogP contribution in [0.1, 0.15) is 0 Å². The van der Waals surface area contributed by atoms with Gasteiger partial charge in [0.1, 0.15) is 12.7 Å². The lowest BCUT2D eigenvalue weighted by Crippen LogP contribution is -2.38. The number of nitrogens with zero attached hydrogens (tertiary/aromatic N) is 3. The lowest BCUT2D eigenvalue weighted by Gasteiger charge is -2.02. The van der Waals surface area contributed by atoms with E-state index in [9.17, 15) is 0 Å². The Morgan fingerprint density at radius 1 is 0.739 bits per heavy atom. The number of hydrogen-bond donors (Lipinski definition) is 0. The highest BCUT2D eigenvalue weighted by atomic mass is 15.2. The van der Waals surface area contributed by atoms with E-state index in [4.69, 9.17) is 0 Å². The van der Waals surface area contributed by atoms with E-state index in [1.807, 2.05) is 0 Å². The number of benzene rings is 2. The molecule has 0 saturated carbocycles. The number of aromatic nitrogens is 3. The third-order valence-electron chi connectivity index (χ3n) is 4.31. The zero-order valence-electron chi connectivity index (χ0n) is 13.3. The van der Waals surface area contributed by atoms with Crippen molar-refractivity contribution in [1.82, 2.24) is 4.57 Å². The first-order valence-corrected chi connectivity index (χ1v) is 7.77. The number of fused-ring (bicyclic) bond motifs is 1. The van der Waals surface area contributed by atoms with Crippen molar-refractivity contribution >= 4 is 11.0 Å². The molecule has 23 heavy (non-hydrogen) atoms. The third kappa shape index (κ3) is 2.13. The molecule has 0 fully saturated rings. The summed E-state index contributed by atoms with van der Waals surface area (Å²) in [6.07, 6.45) is 2.09. The van der Waals surface area contributed by atoms with Gasteiger partial charge in [-0.1, -0.05) is 30.3 Å². The minimum Gasteiger partial charge on any atom is -0.220 e. The van der Waals surface area contributed by atoms with Crippen LogP contribution in [0.15, 0.2) is 79.0 Å². The molecule has 2 aromatic heterocycles. The summed E-state index contributed by atoms with van der Waals surface area (Å²) in [5, 5.41) is 0. The van der Waals surface area contributed by atoms with Crippen molar-refractivity contribution in [2.45, 2.75) is 0 Å². The molecule has 0 N–H and O–H groups in total. The van der Waals surface area contributed by atoms with E-state index in [1.165, 1.54) is 28.2 Å². The molecule has 3 nitrogen and oxygen atoms in total. The molecule has 2 aromatic carbocycles. The van der Waals surface area contributed by atoms with Crippen LogP contribution >= 0.6 is 0 Å². The topological polar surface area (TPSA) is 12.7 Å². The highest BCUT2D eigenvalue weighted by Gasteiger charge is 2.30. The number of aryl methyl sites for hydroxylation is 2. The second-order valence-electron chi connectivity index (χ2n) is 5.74. The van der Waals surface area contributed by atoms with Gasteiger partial charge in [0.15, 0.2) is 17.2 Å². The lowest BCUT2D eigenvalue weighted by atomic mass is 10.2. The van der Waals surface area contributed by atoms with Crippen LogP contribution in [0.2, 0.25) is 0 Å². The minimum atomic E-state index is 1.17. The zero-order valence-corrected chi connectivity index (χ0v) is 13.3. The molecule has 0 aliphatic heterocycles. The Balaban J connectivity index is 2.16. The molecule has 0 bridgehead atoms. The molecule has 4 rings (SSSR count). The first-order chi connectivity index (χ1) is 11.3. The van der Waals surface area contributed by atoms with E-state index in [2.05, 4.69) is 107 Å². The van der Waals surface area contributed by atoms with Crippen LogP contribution in [0.5, 0.6) is 0 Å². The van der Waals surface area contributed by atoms with Crippen molar-refractivity contribution < 1.29 is 9.13 Å². The standard InChI is InChI=1S/C20H19N3/c1-21-15-9-8-14-19(21)20-22(2)17-12-6-7-13-18(17)23(20)16-10-4-3-5-11-16/h3-15H,1-2H3/q+2. The third-order valence-corrected chi connectivity index (χ3v) is 4.31. The van der Waals surface area contributed by atoms with Crippen LogP contribution in [0.3, 0.4) is 0 Å². The van der Waals surface area contributed by atoms with Crippen molar-refractivity contribution in [1.29, 1.82) is 0 Å². The van der Waals surface area contributed by atoms with Gasteiger partial charge in [-0.05, 0) is 30.3 Å². The van der Waals surface area contributed by atoms with Crippen molar-refractivity contribution in [3.05, 3.63) is 79.0 Å². The van der Waals surface area contributed by atoms with Gasteiger partial charge in [0.25, 0.3) is 5.69 Å². The predicted octanol–water partition coefficient (Wildman–Crippen LogP) is 2.95. The molecule has 3 heteroatoms. The Kier molecular flexibility index (Phi) is 3.19. The minimum absolute atomic E-state index is 1.17. The Labute approximate surface area is 135 Å². The van der Waals surface area contributed by atoms with E-state index in [1.54, 1.807) is 0 Å². The van der Waals surface area contributed by atoms with Crippen molar-refractivity contribution in [2.24, 2.45) is 14.1 Å². The fourth-order valence-electron chi connectivity index (χ4n) is 3.20. The summed E-state index contributed by atoms with van der Waals surface area (Å²) in [4.78, 5) is 0. The Morgan fingerprint density at radius 3 is 2.22 bits per heavy atom. The van der Waals surface area contributed by atoms with Crippen molar-refractivity contribution in [3.8, 4) is 17.2 Å². The lowest BCUT2D eigenvalue weighted by molar-refractivity contribution is -0.680. The summed E-state index contributed by atoms with van der Waals surface area (Å²) in [6, 6.07) is 25.3. The average Bonchev–Trinajstić information content (AvgIpc) is 2.89. The van der Waals surface area contributed by atoms with Gasteiger partial charge in [0.2, 0.25) is 0 Å². The van der Waals surface area contributed by atoms with Gasteiger partial charge in [-0.3, -0.25) is 0 Å². The first-order valence-electron chi connectivity index (χ1n) is 7.77. The molecule has 0 unspecified atom stereocenters. The van der Waals surface area contributed by atoms with Crippen LogP contribution in [0.25, 0.3) is 28.2 Å². The Bertz CT molecular complexity index is 984. The molecule has 2 heterocycles. The van der Waals surface area contributed by atoms with Gasteiger partial charge in [-0.2, -0.15) is 9.13 Å². The summed E-state index contributed by atoms with van der Waals surface area (Å²) < 4.78 is 6.75. The smallest absolute Gasteiger partial charge is 0.220 e. The van der Waals surface area contributed by atoms with E-state index in [0.717, 1.165) is 0 Å². The molecular weight excluding hydrogens is 282 g/mol. The van der Waals surface area contributed by atoms with Gasteiger partial charge in [0.05, 0.1) is 7.05 Å². The van der Waals surface area contributed by atoms with Gasteiger partial charge in [-0.15, -0.1) is 0 Å². The Morgan fingerprint density at radius 2 is 1.43 bits per heavy atom. The molecular formula is C20H19N3+2. The number of imidazole rings is 1. The number of rotatable bonds is 2. The predicted molar refractivity (Wildman–Crippen MR) is 91.1 cm³/mol. The van der Waals surface area contributed by atoms with Gasteiger partial charge in [0, 0.05) is 12.1 Å². The maximum absolute atomic E-state index is 2.32. The Hall–Kier alpha value is -2.94. The molecule has 0 amide bonds. The highest BCUT2D eigenvalue weighted by Crippen LogP contribution is 2.24. The quantitative estimate of drug-likeness (QED) is 0.505. The largest absolute Gasteiger partial charge is 0.360 e. The summed E-state index contributed by atoms with van der Waals surface area (Å²) in [7, 11) is 4.21. The van der Waals surface area contributed by atoms with Gasteiger partial charge >= 0.3 is 5.82 Å². The normalized spacial score (nSPS) is 11.0. The molecule has 4 aromatic rings. The van der Waals surface area contributed by atoms with E-state index in [-0.39, 0.29) is 0 Å². The van der Waals surface area contributed by atoms with Gasteiger partial charge in [-0.25, -0.2) is 4.57 Å². The number of hydrogen-bond acceptors (Lipinski definition) is 0. The fourth-order valence-corrected chi connectivity index (χ4v) is 3.20. The fraction of sp³-hybridized carbons (Fsp3) is 0.100. The van der Waals surface area contributed by atoms with Crippen molar-refractivity contribution in [3.63, 3.8) is 0 Å². The molecule has 0 radical (unpaired) electrons. The second-order valence-corrected chi connectivity index (χ2v) is 5.74. The zero-order chi connectivity index (χ0) is 15.8. The maximum atomic E-state index is 2.32. The monoisotopic (exact) mass is 301 g/mol.